The predicted octanol–water partition coefficient (Wildman–Crippen LogP) is 1.88. The van der Waals surface area contributed by atoms with E-state index in [9.17, 15) is 0 Å². The molecule has 1 N–H and O–H groups in total. The van der Waals surface area contributed by atoms with Crippen molar-refractivity contribution in [2.45, 2.75) is 19.5 Å². The van der Waals surface area contributed by atoms with Gasteiger partial charge in [0.25, 0.3) is 0 Å². The lowest BCUT2D eigenvalue weighted by molar-refractivity contribution is 0.171. The van der Waals surface area contributed by atoms with E-state index < -0.39 is 0 Å². The van der Waals surface area contributed by atoms with E-state index in [-0.39, 0.29) is 0 Å². The minimum Gasteiger partial charge on any atom is -0.496 e. The molecule has 1 rings (SSSR count). The largest absolute Gasteiger partial charge is 0.496 e. The molecule has 1 aromatic heterocycles. The maximum absolute atomic E-state index is 5.22. The lowest BCUT2D eigenvalue weighted by Crippen LogP contribution is -2.29. The summed E-state index contributed by atoms with van der Waals surface area (Å²) in [6, 6.07) is 2.36. The van der Waals surface area contributed by atoms with Gasteiger partial charge in [0.2, 0.25) is 0 Å². The molecule has 14 heavy (non-hydrogen) atoms. The molecule has 1 atom stereocenters. The summed E-state index contributed by atoms with van der Waals surface area (Å²) >= 11 is 1.71. The SMILES string of the molecule is COCC(C)NCc1sccc1OC. The third kappa shape index (κ3) is 3.29. The highest BCUT2D eigenvalue weighted by Crippen LogP contribution is 2.23. The second-order valence-electron chi connectivity index (χ2n) is 3.15. The monoisotopic (exact) mass is 215 g/mol. The van der Waals surface area contributed by atoms with Gasteiger partial charge in [0.1, 0.15) is 5.75 Å². The number of methoxy groups -OCH3 is 2. The van der Waals surface area contributed by atoms with E-state index in [2.05, 4.69) is 12.2 Å². The van der Waals surface area contributed by atoms with Crippen molar-refractivity contribution in [3.8, 4) is 5.75 Å². The van der Waals surface area contributed by atoms with Crippen molar-refractivity contribution in [2.24, 2.45) is 0 Å². The van der Waals surface area contributed by atoms with Crippen LogP contribution in [0.3, 0.4) is 0 Å². The number of hydrogen-bond acceptors (Lipinski definition) is 4. The first kappa shape index (κ1) is 11.5. The molecule has 4 heteroatoms. The third-order valence-corrected chi connectivity index (χ3v) is 2.85. The minimum atomic E-state index is 0.367. The first-order valence-corrected chi connectivity index (χ1v) is 5.48. The van der Waals surface area contributed by atoms with Gasteiger partial charge in [-0.25, -0.2) is 0 Å². The molecule has 80 valence electrons. The Balaban J connectivity index is 2.37. The molecular weight excluding hydrogens is 198 g/mol. The molecular formula is C10H17NO2S. The van der Waals surface area contributed by atoms with Gasteiger partial charge in [0.05, 0.1) is 18.6 Å². The van der Waals surface area contributed by atoms with Gasteiger partial charge >= 0.3 is 0 Å². The van der Waals surface area contributed by atoms with Crippen molar-refractivity contribution in [3.63, 3.8) is 0 Å². The molecule has 3 nitrogen and oxygen atoms in total. The van der Waals surface area contributed by atoms with Gasteiger partial charge in [0.15, 0.2) is 0 Å². The van der Waals surface area contributed by atoms with Crippen LogP contribution in [-0.4, -0.2) is 26.9 Å². The zero-order valence-electron chi connectivity index (χ0n) is 8.87. The van der Waals surface area contributed by atoms with Crippen molar-refractivity contribution >= 4 is 11.3 Å². The normalized spacial score (nSPS) is 12.8. The van der Waals surface area contributed by atoms with E-state index in [1.165, 1.54) is 4.88 Å². The Labute approximate surface area is 89.0 Å². The second-order valence-corrected chi connectivity index (χ2v) is 4.15. The van der Waals surface area contributed by atoms with Crippen molar-refractivity contribution in [2.75, 3.05) is 20.8 Å². The van der Waals surface area contributed by atoms with E-state index in [0.29, 0.717) is 6.04 Å². The highest BCUT2D eigenvalue weighted by molar-refractivity contribution is 7.10. The van der Waals surface area contributed by atoms with Gasteiger partial charge in [-0.2, -0.15) is 0 Å². The average Bonchev–Trinajstić information content (AvgIpc) is 2.62. The Hall–Kier alpha value is -0.580. The molecule has 1 unspecified atom stereocenters. The maximum Gasteiger partial charge on any atom is 0.134 e. The lowest BCUT2D eigenvalue weighted by Gasteiger charge is -2.12. The standard InChI is InChI=1S/C10H17NO2S/c1-8(7-12-2)11-6-10-9(13-3)4-5-14-10/h4-5,8,11H,6-7H2,1-3H3. The number of hydrogen-bond donors (Lipinski definition) is 1. The number of thiophene rings is 1. The van der Waals surface area contributed by atoms with Gasteiger partial charge < -0.3 is 14.8 Å². The predicted molar refractivity (Wildman–Crippen MR) is 59.0 cm³/mol. The van der Waals surface area contributed by atoms with Crippen LogP contribution >= 0.6 is 11.3 Å². The van der Waals surface area contributed by atoms with Crippen molar-refractivity contribution < 1.29 is 9.47 Å². The van der Waals surface area contributed by atoms with Crippen molar-refractivity contribution in [1.82, 2.24) is 5.32 Å². The number of nitrogens with one attached hydrogen (secondary N) is 1. The topological polar surface area (TPSA) is 30.5 Å². The van der Waals surface area contributed by atoms with Gasteiger partial charge in [-0.1, -0.05) is 0 Å². The molecule has 0 aliphatic carbocycles. The summed E-state index contributed by atoms with van der Waals surface area (Å²) < 4.78 is 10.3. The summed E-state index contributed by atoms with van der Waals surface area (Å²) in [5.41, 5.74) is 0. The third-order valence-electron chi connectivity index (χ3n) is 1.95. The zero-order valence-corrected chi connectivity index (χ0v) is 9.69. The molecule has 0 saturated heterocycles. The minimum absolute atomic E-state index is 0.367. The van der Waals surface area contributed by atoms with E-state index in [1.54, 1.807) is 25.6 Å². The summed E-state index contributed by atoms with van der Waals surface area (Å²) in [6.45, 7) is 3.67. The molecule has 0 aliphatic heterocycles. The van der Waals surface area contributed by atoms with E-state index in [4.69, 9.17) is 9.47 Å². The second kappa shape index (κ2) is 6.01. The Morgan fingerprint density at radius 1 is 1.50 bits per heavy atom. The molecule has 0 fully saturated rings. The molecule has 0 bridgehead atoms. The van der Waals surface area contributed by atoms with Crippen molar-refractivity contribution in [1.29, 1.82) is 0 Å². The lowest BCUT2D eigenvalue weighted by atomic mass is 10.3. The van der Waals surface area contributed by atoms with Gasteiger partial charge in [-0.15, -0.1) is 11.3 Å². The summed E-state index contributed by atoms with van der Waals surface area (Å²) in [7, 11) is 3.41. The van der Waals surface area contributed by atoms with Gasteiger partial charge in [-0.3, -0.25) is 0 Å². The summed E-state index contributed by atoms with van der Waals surface area (Å²) in [4.78, 5) is 1.23. The Morgan fingerprint density at radius 3 is 2.93 bits per heavy atom. The molecule has 1 heterocycles. The Morgan fingerprint density at radius 2 is 2.29 bits per heavy atom. The fourth-order valence-corrected chi connectivity index (χ4v) is 2.01. The quantitative estimate of drug-likeness (QED) is 0.786. The summed E-state index contributed by atoms with van der Waals surface area (Å²) in [5, 5.41) is 5.40. The van der Waals surface area contributed by atoms with Crippen LogP contribution in [0, 0.1) is 0 Å². The first-order chi connectivity index (χ1) is 6.77. The van der Waals surface area contributed by atoms with Gasteiger partial charge in [0, 0.05) is 19.7 Å². The Bertz CT molecular complexity index is 262. The van der Waals surface area contributed by atoms with Crippen LogP contribution < -0.4 is 10.1 Å². The highest BCUT2D eigenvalue weighted by atomic mass is 32.1. The van der Waals surface area contributed by atoms with E-state index in [1.807, 2.05) is 11.4 Å². The zero-order chi connectivity index (χ0) is 10.4. The van der Waals surface area contributed by atoms with Crippen LogP contribution in [0.1, 0.15) is 11.8 Å². The summed E-state index contributed by atoms with van der Waals surface area (Å²) in [6.07, 6.45) is 0. The Kier molecular flexibility index (Phi) is 4.93. The first-order valence-electron chi connectivity index (χ1n) is 4.60. The maximum atomic E-state index is 5.22. The number of rotatable bonds is 6. The smallest absolute Gasteiger partial charge is 0.134 e. The molecule has 0 saturated carbocycles. The molecule has 0 aromatic carbocycles. The average molecular weight is 215 g/mol. The van der Waals surface area contributed by atoms with Crippen LogP contribution in [0.25, 0.3) is 0 Å². The van der Waals surface area contributed by atoms with Crippen LogP contribution in [0.4, 0.5) is 0 Å². The van der Waals surface area contributed by atoms with Crippen LogP contribution in [0.15, 0.2) is 11.4 Å². The fraction of sp³-hybridized carbons (Fsp3) is 0.600. The van der Waals surface area contributed by atoms with Crippen LogP contribution in [0.2, 0.25) is 0 Å². The van der Waals surface area contributed by atoms with Crippen LogP contribution in [0.5, 0.6) is 5.75 Å². The fourth-order valence-electron chi connectivity index (χ4n) is 1.22. The van der Waals surface area contributed by atoms with E-state index >= 15 is 0 Å². The van der Waals surface area contributed by atoms with Gasteiger partial charge in [-0.05, 0) is 18.4 Å². The van der Waals surface area contributed by atoms with E-state index in [0.717, 1.165) is 18.9 Å². The number of ether oxygens (including phenoxy) is 2. The molecule has 0 radical (unpaired) electrons. The summed E-state index contributed by atoms with van der Waals surface area (Å²) in [5.74, 6) is 0.965. The molecule has 0 aliphatic rings. The highest BCUT2D eigenvalue weighted by Gasteiger charge is 2.06. The molecule has 0 spiro atoms. The molecule has 1 aromatic rings. The molecule has 0 amide bonds. The van der Waals surface area contributed by atoms with Crippen molar-refractivity contribution in [3.05, 3.63) is 16.3 Å². The van der Waals surface area contributed by atoms with Crippen LogP contribution in [-0.2, 0) is 11.3 Å².